The van der Waals surface area contributed by atoms with Crippen LogP contribution in [0.2, 0.25) is 0 Å². The van der Waals surface area contributed by atoms with Crippen molar-refractivity contribution in [2.45, 2.75) is 31.5 Å². The Morgan fingerprint density at radius 1 is 1.39 bits per heavy atom. The second-order valence-electron chi connectivity index (χ2n) is 4.46. The predicted molar refractivity (Wildman–Crippen MR) is 60.1 cm³/mol. The van der Waals surface area contributed by atoms with Crippen molar-refractivity contribution < 1.29 is 17.9 Å². The molecule has 0 radical (unpaired) electrons. The van der Waals surface area contributed by atoms with Crippen LogP contribution in [0, 0.1) is 5.92 Å². The van der Waals surface area contributed by atoms with E-state index in [4.69, 9.17) is 10.5 Å². The summed E-state index contributed by atoms with van der Waals surface area (Å²) in [6, 6.07) is 1.87. The summed E-state index contributed by atoms with van der Waals surface area (Å²) in [4.78, 5) is 3.82. The first-order valence-electron chi connectivity index (χ1n) is 5.90. The number of hydrogen-bond donors (Lipinski definition) is 1. The topological polar surface area (TPSA) is 48.1 Å². The molecule has 2 unspecified atom stereocenters. The van der Waals surface area contributed by atoms with Gasteiger partial charge in [0.25, 0.3) is 0 Å². The van der Waals surface area contributed by atoms with Gasteiger partial charge in [-0.25, -0.2) is 4.98 Å². The van der Waals surface area contributed by atoms with Gasteiger partial charge in [0.1, 0.15) is 6.10 Å². The first-order chi connectivity index (χ1) is 8.50. The molecule has 1 aliphatic carbocycles. The number of hydrogen-bond acceptors (Lipinski definition) is 3. The van der Waals surface area contributed by atoms with E-state index in [9.17, 15) is 13.2 Å². The zero-order chi connectivity index (χ0) is 13.2. The molecule has 1 aromatic rings. The molecule has 0 aromatic carbocycles. The summed E-state index contributed by atoms with van der Waals surface area (Å²) in [5.41, 5.74) is 4.86. The lowest BCUT2D eigenvalue weighted by atomic mass is 10.1. The molecular formula is C12H15F3N2O. The molecule has 2 rings (SSSR count). The Bertz CT molecular complexity index is 409. The highest BCUT2D eigenvalue weighted by Gasteiger charge is 2.32. The number of aromatic nitrogens is 1. The van der Waals surface area contributed by atoms with E-state index in [0.717, 1.165) is 37.6 Å². The van der Waals surface area contributed by atoms with Crippen molar-refractivity contribution >= 4 is 0 Å². The van der Waals surface area contributed by atoms with Gasteiger partial charge in [-0.15, -0.1) is 0 Å². The fourth-order valence-corrected chi connectivity index (χ4v) is 2.23. The van der Waals surface area contributed by atoms with E-state index in [1.54, 1.807) is 0 Å². The van der Waals surface area contributed by atoms with E-state index in [0.29, 0.717) is 6.54 Å². The molecule has 2 atom stereocenters. The van der Waals surface area contributed by atoms with Crippen LogP contribution in [0.4, 0.5) is 13.2 Å². The molecule has 1 fully saturated rings. The SMILES string of the molecule is NCC1CCCC1Oc1cc(C(F)(F)F)ccn1. The van der Waals surface area contributed by atoms with Crippen molar-refractivity contribution in [3.63, 3.8) is 0 Å². The molecule has 3 nitrogen and oxygen atoms in total. The van der Waals surface area contributed by atoms with Crippen molar-refractivity contribution in [1.82, 2.24) is 4.98 Å². The largest absolute Gasteiger partial charge is 0.474 e. The Balaban J connectivity index is 2.10. The van der Waals surface area contributed by atoms with Gasteiger partial charge in [-0.05, 0) is 31.9 Å². The smallest absolute Gasteiger partial charge is 0.416 e. The second-order valence-corrected chi connectivity index (χ2v) is 4.46. The number of pyridine rings is 1. The van der Waals surface area contributed by atoms with Crippen molar-refractivity contribution in [2.75, 3.05) is 6.54 Å². The zero-order valence-corrected chi connectivity index (χ0v) is 9.78. The van der Waals surface area contributed by atoms with Gasteiger partial charge in [0.05, 0.1) is 5.56 Å². The molecule has 0 aliphatic heterocycles. The fourth-order valence-electron chi connectivity index (χ4n) is 2.23. The average molecular weight is 260 g/mol. The maximum absolute atomic E-state index is 12.5. The summed E-state index contributed by atoms with van der Waals surface area (Å²) < 4.78 is 43.1. The van der Waals surface area contributed by atoms with E-state index >= 15 is 0 Å². The highest BCUT2D eigenvalue weighted by molar-refractivity contribution is 5.23. The Morgan fingerprint density at radius 3 is 2.83 bits per heavy atom. The van der Waals surface area contributed by atoms with Crippen LogP contribution in [0.15, 0.2) is 18.3 Å². The molecule has 0 bridgehead atoms. The molecular weight excluding hydrogens is 245 g/mol. The fraction of sp³-hybridized carbons (Fsp3) is 0.583. The van der Waals surface area contributed by atoms with Crippen LogP contribution in [0.1, 0.15) is 24.8 Å². The third kappa shape index (κ3) is 2.93. The summed E-state index contributed by atoms with van der Waals surface area (Å²) in [5, 5.41) is 0. The second kappa shape index (κ2) is 5.14. The molecule has 0 saturated heterocycles. The summed E-state index contributed by atoms with van der Waals surface area (Å²) >= 11 is 0. The normalized spacial score (nSPS) is 24.2. The molecule has 2 N–H and O–H groups in total. The van der Waals surface area contributed by atoms with Gasteiger partial charge in [-0.1, -0.05) is 0 Å². The highest BCUT2D eigenvalue weighted by Crippen LogP contribution is 2.32. The number of nitrogens with two attached hydrogens (primary N) is 1. The molecule has 1 aliphatic rings. The first-order valence-corrected chi connectivity index (χ1v) is 5.90. The number of halogens is 3. The lowest BCUT2D eigenvalue weighted by Crippen LogP contribution is -2.28. The number of rotatable bonds is 3. The standard InChI is InChI=1S/C12H15F3N2O/c13-12(14,15)9-4-5-17-11(6-9)18-10-3-1-2-8(10)7-16/h4-6,8,10H,1-3,7,16H2. The minimum Gasteiger partial charge on any atom is -0.474 e. The third-order valence-corrected chi connectivity index (χ3v) is 3.23. The monoisotopic (exact) mass is 260 g/mol. The van der Waals surface area contributed by atoms with Gasteiger partial charge in [0.15, 0.2) is 0 Å². The quantitative estimate of drug-likeness (QED) is 0.908. The van der Waals surface area contributed by atoms with E-state index in [2.05, 4.69) is 4.98 Å². The van der Waals surface area contributed by atoms with Crippen LogP contribution in [0.25, 0.3) is 0 Å². The Hall–Kier alpha value is -1.30. The average Bonchev–Trinajstić information content (AvgIpc) is 2.75. The van der Waals surface area contributed by atoms with Crippen LogP contribution in [-0.2, 0) is 6.18 Å². The summed E-state index contributed by atoms with van der Waals surface area (Å²) in [7, 11) is 0. The number of ether oxygens (including phenoxy) is 1. The highest BCUT2D eigenvalue weighted by atomic mass is 19.4. The molecule has 1 heterocycles. The number of alkyl halides is 3. The van der Waals surface area contributed by atoms with Crippen molar-refractivity contribution in [2.24, 2.45) is 11.7 Å². The van der Waals surface area contributed by atoms with Crippen LogP contribution < -0.4 is 10.5 Å². The van der Waals surface area contributed by atoms with Crippen LogP contribution in [0.3, 0.4) is 0 Å². The number of nitrogens with zero attached hydrogens (tertiary/aromatic N) is 1. The minimum atomic E-state index is -4.37. The van der Waals surface area contributed by atoms with Crippen LogP contribution in [-0.4, -0.2) is 17.6 Å². The van der Waals surface area contributed by atoms with Gasteiger partial charge >= 0.3 is 6.18 Å². The molecule has 6 heteroatoms. The molecule has 1 saturated carbocycles. The van der Waals surface area contributed by atoms with Gasteiger partial charge in [-0.3, -0.25) is 0 Å². The summed E-state index contributed by atoms with van der Waals surface area (Å²) in [5.74, 6) is 0.233. The third-order valence-electron chi connectivity index (χ3n) is 3.23. The van der Waals surface area contributed by atoms with E-state index in [-0.39, 0.29) is 17.9 Å². The van der Waals surface area contributed by atoms with Gasteiger partial charge < -0.3 is 10.5 Å². The Labute approximate surface area is 103 Å². The van der Waals surface area contributed by atoms with Crippen molar-refractivity contribution in [3.8, 4) is 5.88 Å². The lowest BCUT2D eigenvalue weighted by Gasteiger charge is -2.19. The molecule has 18 heavy (non-hydrogen) atoms. The van der Waals surface area contributed by atoms with Gasteiger partial charge in [0, 0.05) is 18.2 Å². The van der Waals surface area contributed by atoms with Gasteiger partial charge in [-0.2, -0.15) is 13.2 Å². The van der Waals surface area contributed by atoms with Crippen LogP contribution in [0.5, 0.6) is 5.88 Å². The predicted octanol–water partition coefficient (Wildman–Crippen LogP) is 2.61. The van der Waals surface area contributed by atoms with E-state index in [1.807, 2.05) is 0 Å². The molecule has 1 aromatic heterocycles. The Kier molecular flexibility index (Phi) is 3.75. The zero-order valence-electron chi connectivity index (χ0n) is 9.78. The molecule has 0 spiro atoms. The maximum atomic E-state index is 12.5. The van der Waals surface area contributed by atoms with Crippen LogP contribution >= 0.6 is 0 Å². The minimum absolute atomic E-state index is 0.0233. The molecule has 100 valence electrons. The van der Waals surface area contributed by atoms with E-state index in [1.165, 1.54) is 0 Å². The van der Waals surface area contributed by atoms with E-state index < -0.39 is 11.7 Å². The Morgan fingerprint density at radius 2 is 2.17 bits per heavy atom. The lowest BCUT2D eigenvalue weighted by molar-refractivity contribution is -0.137. The summed E-state index contributed by atoms with van der Waals surface area (Å²) in [6.07, 6.45) is -0.606. The molecule has 0 amide bonds. The van der Waals surface area contributed by atoms with Crippen molar-refractivity contribution in [1.29, 1.82) is 0 Å². The first kappa shape index (κ1) is 13.1. The maximum Gasteiger partial charge on any atom is 0.416 e. The summed E-state index contributed by atoms with van der Waals surface area (Å²) in [6.45, 7) is 0.490. The van der Waals surface area contributed by atoms with Crippen molar-refractivity contribution in [3.05, 3.63) is 23.9 Å². The van der Waals surface area contributed by atoms with Gasteiger partial charge in [0.2, 0.25) is 5.88 Å².